The quantitative estimate of drug-likeness (QED) is 0.572. The van der Waals surface area contributed by atoms with E-state index in [2.05, 4.69) is 34.3 Å². The standard InChI is InChI=1S/C12H23N5O2.ClH/c1-10(2)11(16-4-8-19-9-5-16)12-13-14-15-17(12)6-7-18-3;/h10-11H,4-9H2,1-3H3;1H/p-1. The van der Waals surface area contributed by atoms with E-state index in [9.17, 15) is 0 Å². The molecule has 20 heavy (non-hydrogen) atoms. The molecule has 8 heteroatoms. The van der Waals surface area contributed by atoms with Crippen molar-refractivity contribution in [3.05, 3.63) is 5.82 Å². The predicted octanol–water partition coefficient (Wildman–Crippen LogP) is -2.65. The minimum Gasteiger partial charge on any atom is -1.00 e. The zero-order valence-electron chi connectivity index (χ0n) is 12.3. The zero-order valence-corrected chi connectivity index (χ0v) is 13.1. The Morgan fingerprint density at radius 2 is 2.00 bits per heavy atom. The molecule has 1 atom stereocenters. The molecule has 1 saturated heterocycles. The molecule has 1 aromatic rings. The lowest BCUT2D eigenvalue weighted by Crippen LogP contribution is -3.00. The van der Waals surface area contributed by atoms with Crippen molar-refractivity contribution in [3.8, 4) is 0 Å². The number of ether oxygens (including phenoxy) is 2. The molecule has 1 aliphatic heterocycles. The number of tetrazole rings is 1. The number of hydrogen-bond acceptors (Lipinski definition) is 6. The summed E-state index contributed by atoms with van der Waals surface area (Å²) in [6.07, 6.45) is 0. The van der Waals surface area contributed by atoms with Crippen molar-refractivity contribution >= 4 is 0 Å². The Kier molecular flexibility index (Phi) is 7.36. The van der Waals surface area contributed by atoms with Gasteiger partial charge in [-0.25, -0.2) is 4.68 Å². The van der Waals surface area contributed by atoms with Crippen molar-refractivity contribution in [2.75, 3.05) is 40.0 Å². The van der Waals surface area contributed by atoms with Crippen LogP contribution < -0.4 is 12.4 Å². The highest BCUT2D eigenvalue weighted by Crippen LogP contribution is 2.27. The molecule has 1 unspecified atom stereocenters. The molecule has 116 valence electrons. The van der Waals surface area contributed by atoms with Crippen molar-refractivity contribution in [2.45, 2.75) is 26.4 Å². The summed E-state index contributed by atoms with van der Waals surface area (Å²) in [6.45, 7) is 9.13. The summed E-state index contributed by atoms with van der Waals surface area (Å²) in [4.78, 5) is 2.41. The summed E-state index contributed by atoms with van der Waals surface area (Å²) >= 11 is 0. The second-order valence-electron chi connectivity index (χ2n) is 5.09. The highest BCUT2D eigenvalue weighted by Gasteiger charge is 2.29. The van der Waals surface area contributed by atoms with Crippen LogP contribution in [0.2, 0.25) is 0 Å². The molecule has 7 nitrogen and oxygen atoms in total. The second-order valence-corrected chi connectivity index (χ2v) is 5.09. The van der Waals surface area contributed by atoms with E-state index in [1.165, 1.54) is 0 Å². The molecular formula is C12H23ClN5O2-. The number of morpholine rings is 1. The lowest BCUT2D eigenvalue weighted by atomic mass is 10.0. The summed E-state index contributed by atoms with van der Waals surface area (Å²) in [5.74, 6) is 1.37. The van der Waals surface area contributed by atoms with Gasteiger partial charge in [0.25, 0.3) is 0 Å². The first-order valence-electron chi connectivity index (χ1n) is 6.81. The van der Waals surface area contributed by atoms with Crippen molar-refractivity contribution < 1.29 is 21.9 Å². The Morgan fingerprint density at radius 1 is 1.30 bits per heavy atom. The van der Waals surface area contributed by atoms with Crippen LogP contribution in [0, 0.1) is 5.92 Å². The first-order chi connectivity index (χ1) is 9.24. The Bertz CT molecular complexity index is 382. The van der Waals surface area contributed by atoms with Gasteiger partial charge in [0, 0.05) is 20.2 Å². The number of halogens is 1. The largest absolute Gasteiger partial charge is 1.00 e. The summed E-state index contributed by atoms with van der Waals surface area (Å²) in [7, 11) is 1.69. The Labute approximate surface area is 126 Å². The van der Waals surface area contributed by atoms with E-state index in [0.717, 1.165) is 32.1 Å². The fraction of sp³-hybridized carbons (Fsp3) is 0.917. The lowest BCUT2D eigenvalue weighted by Gasteiger charge is -2.35. The van der Waals surface area contributed by atoms with Crippen LogP contribution in [0.5, 0.6) is 0 Å². The van der Waals surface area contributed by atoms with Gasteiger partial charge in [-0.15, -0.1) is 5.10 Å². The third-order valence-electron chi connectivity index (χ3n) is 3.40. The van der Waals surface area contributed by atoms with Crippen LogP contribution in [0.25, 0.3) is 0 Å². The number of nitrogens with zero attached hydrogens (tertiary/aromatic N) is 5. The van der Waals surface area contributed by atoms with Crippen molar-refractivity contribution in [3.63, 3.8) is 0 Å². The van der Waals surface area contributed by atoms with Crippen LogP contribution in [-0.2, 0) is 16.0 Å². The Balaban J connectivity index is 0.00000200. The van der Waals surface area contributed by atoms with Crippen LogP contribution in [0.1, 0.15) is 25.7 Å². The highest BCUT2D eigenvalue weighted by molar-refractivity contribution is 4.96. The van der Waals surface area contributed by atoms with Crippen LogP contribution >= 0.6 is 0 Å². The monoisotopic (exact) mass is 304 g/mol. The number of aromatic nitrogens is 4. The van der Waals surface area contributed by atoms with E-state index in [4.69, 9.17) is 9.47 Å². The molecule has 1 aromatic heterocycles. The van der Waals surface area contributed by atoms with Gasteiger partial charge < -0.3 is 21.9 Å². The Hall–Kier alpha value is -0.760. The van der Waals surface area contributed by atoms with E-state index in [1.807, 2.05) is 4.68 Å². The van der Waals surface area contributed by atoms with Gasteiger partial charge in [0.2, 0.25) is 0 Å². The summed E-state index contributed by atoms with van der Waals surface area (Å²) in [5, 5.41) is 12.1. The highest BCUT2D eigenvalue weighted by atomic mass is 35.5. The van der Waals surface area contributed by atoms with Crippen LogP contribution in [0.4, 0.5) is 0 Å². The van der Waals surface area contributed by atoms with Crippen molar-refractivity contribution in [1.29, 1.82) is 0 Å². The number of hydrogen-bond donors (Lipinski definition) is 0. The van der Waals surface area contributed by atoms with Gasteiger partial charge in [-0.3, -0.25) is 4.90 Å². The van der Waals surface area contributed by atoms with Crippen LogP contribution in [0.15, 0.2) is 0 Å². The molecule has 1 fully saturated rings. The topological polar surface area (TPSA) is 65.3 Å². The SMILES string of the molecule is COCCn1nnnc1C(C(C)C)N1CCOCC1.[Cl-]. The van der Waals surface area contributed by atoms with Crippen molar-refractivity contribution in [2.24, 2.45) is 5.92 Å². The molecule has 0 bridgehead atoms. The third kappa shape index (κ3) is 4.12. The fourth-order valence-electron chi connectivity index (χ4n) is 2.50. The average molecular weight is 305 g/mol. The maximum Gasteiger partial charge on any atom is 0.168 e. The normalized spacial score (nSPS) is 18.0. The average Bonchev–Trinajstić information content (AvgIpc) is 2.85. The van der Waals surface area contributed by atoms with Gasteiger partial charge in [-0.2, -0.15) is 0 Å². The fourth-order valence-corrected chi connectivity index (χ4v) is 2.50. The van der Waals surface area contributed by atoms with Crippen LogP contribution in [0.3, 0.4) is 0 Å². The maximum atomic E-state index is 5.42. The summed E-state index contributed by atoms with van der Waals surface area (Å²) < 4.78 is 12.4. The summed E-state index contributed by atoms with van der Waals surface area (Å²) in [5.41, 5.74) is 0. The molecular weight excluding hydrogens is 282 g/mol. The Morgan fingerprint density at radius 3 is 2.60 bits per heavy atom. The van der Waals surface area contributed by atoms with Gasteiger partial charge in [-0.05, 0) is 16.3 Å². The number of methoxy groups -OCH3 is 1. The maximum absolute atomic E-state index is 5.42. The molecule has 2 heterocycles. The molecule has 0 saturated carbocycles. The smallest absolute Gasteiger partial charge is 0.168 e. The zero-order chi connectivity index (χ0) is 13.7. The summed E-state index contributed by atoms with van der Waals surface area (Å²) in [6, 6.07) is 0.232. The predicted molar refractivity (Wildman–Crippen MR) is 69.7 cm³/mol. The molecule has 0 aliphatic carbocycles. The van der Waals surface area contributed by atoms with Crippen molar-refractivity contribution in [1.82, 2.24) is 25.1 Å². The first kappa shape index (κ1) is 17.3. The molecule has 0 amide bonds. The third-order valence-corrected chi connectivity index (χ3v) is 3.40. The lowest BCUT2D eigenvalue weighted by molar-refractivity contribution is -0.0000330. The molecule has 0 spiro atoms. The number of rotatable bonds is 6. The van der Waals surface area contributed by atoms with E-state index < -0.39 is 0 Å². The van der Waals surface area contributed by atoms with Gasteiger partial charge in [0.05, 0.1) is 32.4 Å². The molecule has 1 aliphatic rings. The molecule has 0 radical (unpaired) electrons. The van der Waals surface area contributed by atoms with Gasteiger partial charge in [-0.1, -0.05) is 13.8 Å². The first-order valence-corrected chi connectivity index (χ1v) is 6.81. The van der Waals surface area contributed by atoms with E-state index in [-0.39, 0.29) is 18.4 Å². The minimum atomic E-state index is 0. The molecule has 0 N–H and O–H groups in total. The van der Waals surface area contributed by atoms with Gasteiger partial charge >= 0.3 is 0 Å². The van der Waals surface area contributed by atoms with E-state index in [0.29, 0.717) is 19.1 Å². The van der Waals surface area contributed by atoms with Gasteiger partial charge in [0.15, 0.2) is 5.82 Å². The van der Waals surface area contributed by atoms with Crippen LogP contribution in [-0.4, -0.2) is 65.1 Å². The molecule has 0 aromatic carbocycles. The van der Waals surface area contributed by atoms with Gasteiger partial charge in [0.1, 0.15) is 0 Å². The minimum absolute atomic E-state index is 0. The van der Waals surface area contributed by atoms with E-state index in [1.54, 1.807) is 7.11 Å². The van der Waals surface area contributed by atoms with E-state index >= 15 is 0 Å². The second kappa shape index (κ2) is 8.51. The molecule has 2 rings (SSSR count).